The van der Waals surface area contributed by atoms with Crippen molar-refractivity contribution in [3.05, 3.63) is 72.6 Å². The van der Waals surface area contributed by atoms with E-state index >= 15 is 0 Å². The fourth-order valence-electron chi connectivity index (χ4n) is 10.4. The van der Waals surface area contributed by atoms with Crippen molar-refractivity contribution in [3.63, 3.8) is 0 Å². The molecule has 6 fully saturated rings. The summed E-state index contributed by atoms with van der Waals surface area (Å²) >= 11 is 0. The van der Waals surface area contributed by atoms with E-state index in [9.17, 15) is 14.4 Å². The average Bonchev–Trinajstić information content (AvgIpc) is 3.97. The van der Waals surface area contributed by atoms with Crippen molar-refractivity contribution in [2.24, 2.45) is 22.7 Å². The number of carbonyl (C=O) groups is 3. The minimum atomic E-state index is -1.21. The van der Waals surface area contributed by atoms with Gasteiger partial charge in [0, 0.05) is 35.9 Å². The Bertz CT molecular complexity index is 2220. The largest absolute Gasteiger partial charge is 0.462 e. The highest BCUT2D eigenvalue weighted by atomic mass is 16.6. The van der Waals surface area contributed by atoms with Gasteiger partial charge < -0.3 is 34.8 Å². The van der Waals surface area contributed by atoms with Gasteiger partial charge in [0.05, 0.1) is 35.7 Å². The first-order valence-corrected chi connectivity index (χ1v) is 23.0. The van der Waals surface area contributed by atoms with Crippen LogP contribution in [0.4, 0.5) is 0 Å². The number of esters is 1. The quantitative estimate of drug-likeness (QED) is 0.0969. The van der Waals surface area contributed by atoms with Gasteiger partial charge in [-0.25, -0.2) is 9.97 Å². The first-order chi connectivity index (χ1) is 29.5. The molecular formula is C50H66N6O6. The van der Waals surface area contributed by atoms with Crippen LogP contribution in [0.25, 0.3) is 33.6 Å². The zero-order valence-corrected chi connectivity index (χ0v) is 37.9. The van der Waals surface area contributed by atoms with Gasteiger partial charge in [0.1, 0.15) is 23.9 Å². The van der Waals surface area contributed by atoms with Crippen molar-refractivity contribution >= 4 is 17.8 Å². The van der Waals surface area contributed by atoms with Crippen LogP contribution >= 0.6 is 0 Å². The number of carbonyl (C=O) groups excluding carboxylic acids is 3. The van der Waals surface area contributed by atoms with Gasteiger partial charge in [-0.05, 0) is 85.7 Å². The molecule has 0 radical (unpaired) electrons. The molecule has 4 aliphatic heterocycles. The Morgan fingerprint density at radius 3 is 1.39 bits per heavy atom. The molecule has 12 nitrogen and oxygen atoms in total. The maximum absolute atomic E-state index is 14.3. The van der Waals surface area contributed by atoms with Gasteiger partial charge in [0.25, 0.3) is 11.8 Å². The van der Waals surface area contributed by atoms with Gasteiger partial charge in [0.2, 0.25) is 0 Å². The highest BCUT2D eigenvalue weighted by Crippen LogP contribution is 2.48. The normalized spacial score (nSPS) is 26.8. The number of imidazole rings is 2. The summed E-state index contributed by atoms with van der Waals surface area (Å²) in [5, 5.41) is 6.67. The third kappa shape index (κ3) is 8.49. The SMILES string of the molecule is CCC(=O)OCC1(C(=O)N[C@H](c2nc(-c3ccc(-c4ccc(-c5c[nH]c([C@@H](NC(=O)C6(CC)OC7CCC6CC7)C(C)(C)C)n5)cc4)cc3)c[nH]2)C(C)(C)C)OC2CCC1CC2. The number of nitrogens with one attached hydrogen (secondary N) is 4. The van der Waals surface area contributed by atoms with Crippen molar-refractivity contribution in [1.29, 1.82) is 0 Å². The Kier molecular flexibility index (Phi) is 12.1. The number of H-pyrrole nitrogens is 2. The van der Waals surface area contributed by atoms with Crippen molar-refractivity contribution in [2.45, 2.75) is 155 Å². The molecule has 4 bridgehead atoms. The molecular weight excluding hydrogens is 781 g/mol. The molecule has 12 heteroatoms. The van der Waals surface area contributed by atoms with Gasteiger partial charge >= 0.3 is 5.97 Å². The van der Waals surface area contributed by atoms with Crippen LogP contribution in [-0.2, 0) is 28.6 Å². The summed E-state index contributed by atoms with van der Waals surface area (Å²) in [6, 6.07) is 15.9. The number of fused-ring (bicyclic) bond motifs is 6. The minimum absolute atomic E-state index is 0.0152. The topological polar surface area (TPSA) is 160 Å². The lowest BCUT2D eigenvalue weighted by Crippen LogP contribution is -2.64. The number of amides is 2. The molecule has 0 spiro atoms. The number of aromatic nitrogens is 4. The van der Waals surface area contributed by atoms with E-state index in [1.807, 2.05) is 12.4 Å². The van der Waals surface area contributed by atoms with Gasteiger partial charge in [-0.1, -0.05) is 104 Å². The first-order valence-electron chi connectivity index (χ1n) is 23.0. The Morgan fingerprint density at radius 2 is 1.03 bits per heavy atom. The second-order valence-electron chi connectivity index (χ2n) is 20.4. The maximum atomic E-state index is 14.3. The molecule has 332 valence electrons. The number of nitrogens with zero attached hydrogens (tertiary/aromatic N) is 2. The number of hydrogen-bond acceptors (Lipinski definition) is 8. The Labute approximate surface area is 366 Å². The van der Waals surface area contributed by atoms with E-state index in [1.54, 1.807) is 6.92 Å². The van der Waals surface area contributed by atoms with E-state index < -0.39 is 17.2 Å². The van der Waals surface area contributed by atoms with Crippen LogP contribution in [0.5, 0.6) is 0 Å². The van der Waals surface area contributed by atoms with Gasteiger partial charge in [-0.2, -0.15) is 0 Å². The van der Waals surface area contributed by atoms with Crippen molar-refractivity contribution in [2.75, 3.05) is 6.61 Å². The summed E-state index contributed by atoms with van der Waals surface area (Å²) in [6.07, 6.45) is 12.6. The van der Waals surface area contributed by atoms with Crippen LogP contribution in [0.2, 0.25) is 0 Å². The van der Waals surface area contributed by atoms with Crippen LogP contribution < -0.4 is 10.6 Å². The molecule has 2 saturated carbocycles. The summed E-state index contributed by atoms with van der Waals surface area (Å²) in [7, 11) is 0. The van der Waals surface area contributed by atoms with Crippen LogP contribution in [0.1, 0.15) is 143 Å². The number of rotatable bonds is 13. The third-order valence-corrected chi connectivity index (χ3v) is 14.2. The van der Waals surface area contributed by atoms with Crippen LogP contribution in [0, 0.1) is 22.7 Å². The molecule has 2 unspecified atom stereocenters. The Hall–Kier alpha value is -4.81. The molecule has 6 heterocycles. The number of ether oxygens (including phenoxy) is 3. The smallest absolute Gasteiger partial charge is 0.305 e. The highest BCUT2D eigenvalue weighted by Gasteiger charge is 2.56. The van der Waals surface area contributed by atoms with E-state index in [0.29, 0.717) is 12.2 Å². The van der Waals surface area contributed by atoms with Crippen molar-refractivity contribution in [1.82, 2.24) is 30.6 Å². The Morgan fingerprint density at radius 1 is 0.645 bits per heavy atom. The lowest BCUT2D eigenvalue weighted by molar-refractivity contribution is -0.220. The van der Waals surface area contributed by atoms with Crippen LogP contribution in [0.3, 0.4) is 0 Å². The summed E-state index contributed by atoms with van der Waals surface area (Å²) < 4.78 is 18.5. The molecule has 4 atom stereocenters. The second kappa shape index (κ2) is 17.1. The predicted octanol–water partition coefficient (Wildman–Crippen LogP) is 9.56. The maximum Gasteiger partial charge on any atom is 0.305 e. The van der Waals surface area contributed by atoms with Crippen molar-refractivity contribution < 1.29 is 28.6 Å². The molecule has 10 rings (SSSR count). The minimum Gasteiger partial charge on any atom is -0.462 e. The van der Waals surface area contributed by atoms with Gasteiger partial charge in [0.15, 0.2) is 5.60 Å². The van der Waals surface area contributed by atoms with E-state index in [-0.39, 0.29) is 71.7 Å². The molecule has 6 aliphatic rings. The zero-order chi connectivity index (χ0) is 44.0. The van der Waals surface area contributed by atoms with Gasteiger partial charge in [-0.15, -0.1) is 0 Å². The zero-order valence-electron chi connectivity index (χ0n) is 37.9. The molecule has 2 aliphatic carbocycles. The second-order valence-corrected chi connectivity index (χ2v) is 20.4. The summed E-state index contributed by atoms with van der Waals surface area (Å²) in [6.45, 7) is 16.3. The van der Waals surface area contributed by atoms with E-state index in [1.165, 1.54) is 0 Å². The molecule has 62 heavy (non-hydrogen) atoms. The average molecular weight is 847 g/mol. The van der Waals surface area contributed by atoms with E-state index in [4.69, 9.17) is 24.2 Å². The standard InChI is InChI=1S/C50H66N6O6/c1-9-40(57)60-29-50(35-21-25-37(62-50)26-22-35)46(59)56-42(48(6,7)8)44-52-28-39(54-44)33-17-13-31(14-18-33)30-11-15-32(16-12-30)38-27-51-43(53-38)41(47(3,4)5)55-45(58)49(10-2)34-19-23-36(61-49)24-20-34/h11-18,27-28,34-37,41-42H,9-10,19-26,29H2,1-8H3,(H,51,53)(H,52,54)(H,55,58)(H,56,59)/t34?,35?,36?,37?,41-,42-,49?,50?/m1/s1. The first kappa shape index (κ1) is 43.8. The lowest BCUT2D eigenvalue weighted by Gasteiger charge is -2.50. The Balaban J connectivity index is 0.945. The summed E-state index contributed by atoms with van der Waals surface area (Å²) in [4.78, 5) is 57.3. The van der Waals surface area contributed by atoms with E-state index in [0.717, 1.165) is 90.8 Å². The number of aromatic amines is 2. The van der Waals surface area contributed by atoms with E-state index in [2.05, 4.69) is 118 Å². The van der Waals surface area contributed by atoms with Crippen LogP contribution in [0.15, 0.2) is 60.9 Å². The lowest BCUT2D eigenvalue weighted by atomic mass is 9.70. The fraction of sp³-hybridized carbons (Fsp3) is 0.580. The molecule has 2 aromatic heterocycles. The number of hydrogen-bond donors (Lipinski definition) is 4. The molecule has 4 N–H and O–H groups in total. The highest BCUT2D eigenvalue weighted by molar-refractivity contribution is 5.87. The fourth-order valence-corrected chi connectivity index (χ4v) is 10.4. The molecule has 4 aromatic rings. The predicted molar refractivity (Wildman–Crippen MR) is 238 cm³/mol. The summed E-state index contributed by atoms with van der Waals surface area (Å²) in [5.74, 6) is 0.997. The molecule has 4 saturated heterocycles. The summed E-state index contributed by atoms with van der Waals surface area (Å²) in [5.41, 5.74) is 2.98. The van der Waals surface area contributed by atoms with Crippen LogP contribution in [-0.4, -0.2) is 67.7 Å². The third-order valence-electron chi connectivity index (χ3n) is 14.2. The van der Waals surface area contributed by atoms with Gasteiger partial charge in [-0.3, -0.25) is 14.4 Å². The molecule has 2 aromatic carbocycles. The van der Waals surface area contributed by atoms with Crippen molar-refractivity contribution in [3.8, 4) is 33.6 Å². The monoisotopic (exact) mass is 847 g/mol. The molecule has 2 amide bonds. The number of benzene rings is 2.